The second-order valence-electron chi connectivity index (χ2n) is 6.64. The number of ether oxygens (including phenoxy) is 2. The van der Waals surface area contributed by atoms with Gasteiger partial charge >= 0.3 is 6.03 Å². The number of anilines is 1. The number of amides is 3. The third kappa shape index (κ3) is 2.94. The lowest BCUT2D eigenvalue weighted by molar-refractivity contribution is -0.133. The van der Waals surface area contributed by atoms with Gasteiger partial charge in [0, 0.05) is 16.3 Å². The fourth-order valence-corrected chi connectivity index (χ4v) is 3.87. The lowest BCUT2D eigenvalue weighted by atomic mass is 9.79. The van der Waals surface area contributed by atoms with Crippen molar-refractivity contribution in [2.24, 2.45) is 5.92 Å². The molecule has 0 spiro atoms. The Kier molecular flexibility index (Phi) is 4.11. The number of carbonyl (C=O) groups excluding carboxylic acids is 2. The molecule has 2 heterocycles. The Hall–Kier alpha value is -2.93. The van der Waals surface area contributed by atoms with Crippen molar-refractivity contribution in [1.29, 1.82) is 0 Å². The fourth-order valence-electron chi connectivity index (χ4n) is 3.68. The molecular weight excluding hydrogens is 370 g/mol. The van der Waals surface area contributed by atoms with Gasteiger partial charge in [0.2, 0.25) is 5.91 Å². The zero-order chi connectivity index (χ0) is 19.2. The molecule has 0 aromatic heterocycles. The lowest BCUT2D eigenvalue weighted by Crippen LogP contribution is -2.70. The highest BCUT2D eigenvalue weighted by Crippen LogP contribution is 2.48. The van der Waals surface area contributed by atoms with E-state index in [0.29, 0.717) is 27.8 Å². The first-order chi connectivity index (χ1) is 12.9. The maximum Gasteiger partial charge on any atom is 0.318 e. The average Bonchev–Trinajstić information content (AvgIpc) is 2.60. The molecule has 2 aliphatic heterocycles. The number of urea groups is 1. The molecule has 27 heavy (non-hydrogen) atoms. The predicted molar refractivity (Wildman–Crippen MR) is 100 cm³/mol. The third-order valence-electron chi connectivity index (χ3n) is 4.83. The van der Waals surface area contributed by atoms with Crippen molar-refractivity contribution >= 4 is 29.2 Å². The fraction of sp³-hybridized carbons (Fsp3) is 0.263. The van der Waals surface area contributed by atoms with Crippen LogP contribution in [0, 0.1) is 5.92 Å². The van der Waals surface area contributed by atoms with Crippen LogP contribution in [0.25, 0.3) is 0 Å². The van der Waals surface area contributed by atoms with Gasteiger partial charge in [0.15, 0.2) is 17.2 Å². The van der Waals surface area contributed by atoms with Gasteiger partial charge in [-0.3, -0.25) is 10.1 Å². The van der Waals surface area contributed by atoms with Gasteiger partial charge in [-0.15, -0.1) is 0 Å². The molecule has 0 unspecified atom stereocenters. The van der Waals surface area contributed by atoms with Gasteiger partial charge in [-0.25, -0.2) is 4.79 Å². The van der Waals surface area contributed by atoms with E-state index in [1.54, 1.807) is 50.4 Å². The topological polar surface area (TPSA) is 88.7 Å². The van der Waals surface area contributed by atoms with Gasteiger partial charge in [0.1, 0.15) is 5.92 Å². The molecule has 0 saturated carbocycles. The Balaban J connectivity index is 1.74. The Morgan fingerprint density at radius 2 is 2.07 bits per heavy atom. The predicted octanol–water partition coefficient (Wildman–Crippen LogP) is 3.07. The Labute approximate surface area is 161 Å². The molecule has 1 saturated heterocycles. The molecule has 1 fully saturated rings. The molecule has 3 N–H and O–H groups in total. The monoisotopic (exact) mass is 387 g/mol. The van der Waals surface area contributed by atoms with Crippen LogP contribution in [0.1, 0.15) is 18.5 Å². The number of fused-ring (bicyclic) bond motifs is 4. The van der Waals surface area contributed by atoms with Crippen LogP contribution < -0.4 is 25.4 Å². The van der Waals surface area contributed by atoms with E-state index in [4.69, 9.17) is 21.1 Å². The highest BCUT2D eigenvalue weighted by atomic mass is 35.5. The molecule has 4 rings (SSSR count). The molecular formula is C19H18ClN3O4. The smallest absolute Gasteiger partial charge is 0.318 e. The van der Waals surface area contributed by atoms with Crippen molar-refractivity contribution in [1.82, 2.24) is 10.6 Å². The molecule has 8 heteroatoms. The van der Waals surface area contributed by atoms with Gasteiger partial charge < -0.3 is 20.1 Å². The number of methoxy groups -OCH3 is 1. The summed E-state index contributed by atoms with van der Waals surface area (Å²) < 4.78 is 11.5. The molecule has 0 radical (unpaired) electrons. The van der Waals surface area contributed by atoms with Crippen LogP contribution in [0.2, 0.25) is 5.02 Å². The van der Waals surface area contributed by atoms with Crippen LogP contribution in [0.3, 0.4) is 0 Å². The van der Waals surface area contributed by atoms with Crippen molar-refractivity contribution in [3.8, 4) is 11.5 Å². The van der Waals surface area contributed by atoms with E-state index in [0.717, 1.165) is 0 Å². The largest absolute Gasteiger partial charge is 0.493 e. The normalized spacial score (nSPS) is 25.4. The molecule has 3 amide bonds. The summed E-state index contributed by atoms with van der Waals surface area (Å²) in [5, 5.41) is 8.93. The second kappa shape index (κ2) is 6.35. The van der Waals surface area contributed by atoms with E-state index in [2.05, 4.69) is 16.0 Å². The Morgan fingerprint density at radius 3 is 2.81 bits per heavy atom. The highest BCUT2D eigenvalue weighted by molar-refractivity contribution is 6.30. The number of hydrogen-bond donors (Lipinski definition) is 3. The van der Waals surface area contributed by atoms with Crippen molar-refractivity contribution in [2.45, 2.75) is 18.7 Å². The number of benzene rings is 2. The van der Waals surface area contributed by atoms with Crippen LogP contribution in [0.15, 0.2) is 42.5 Å². The van der Waals surface area contributed by atoms with E-state index in [9.17, 15) is 9.59 Å². The van der Waals surface area contributed by atoms with Crippen molar-refractivity contribution in [2.75, 3.05) is 12.4 Å². The Morgan fingerprint density at radius 1 is 1.30 bits per heavy atom. The van der Waals surface area contributed by atoms with Crippen LogP contribution >= 0.6 is 11.6 Å². The molecule has 2 aromatic rings. The van der Waals surface area contributed by atoms with Crippen molar-refractivity contribution < 1.29 is 19.1 Å². The van der Waals surface area contributed by atoms with E-state index < -0.39 is 23.7 Å². The summed E-state index contributed by atoms with van der Waals surface area (Å²) in [4.78, 5) is 25.2. The van der Waals surface area contributed by atoms with Crippen LogP contribution in [0.5, 0.6) is 11.5 Å². The second-order valence-corrected chi connectivity index (χ2v) is 7.08. The summed E-state index contributed by atoms with van der Waals surface area (Å²) in [6.07, 6.45) is 0. The van der Waals surface area contributed by atoms with Gasteiger partial charge in [0.25, 0.3) is 0 Å². The number of nitrogens with one attached hydrogen (secondary N) is 3. The van der Waals surface area contributed by atoms with Crippen LogP contribution in [-0.2, 0) is 4.79 Å². The molecule has 0 aliphatic carbocycles. The number of para-hydroxylation sites is 1. The molecule has 2 bridgehead atoms. The minimum Gasteiger partial charge on any atom is -0.493 e. The number of hydrogen-bond acceptors (Lipinski definition) is 4. The van der Waals surface area contributed by atoms with E-state index >= 15 is 0 Å². The lowest BCUT2D eigenvalue weighted by Gasteiger charge is -2.49. The summed E-state index contributed by atoms with van der Waals surface area (Å²) in [5.74, 6) is 0.0294. The maximum atomic E-state index is 13.1. The first-order valence-corrected chi connectivity index (χ1v) is 8.80. The van der Waals surface area contributed by atoms with Crippen LogP contribution in [-0.4, -0.2) is 24.8 Å². The molecule has 3 atom stereocenters. The third-order valence-corrected chi connectivity index (χ3v) is 5.06. The van der Waals surface area contributed by atoms with Gasteiger partial charge in [-0.05, 0) is 31.2 Å². The first kappa shape index (κ1) is 17.5. The quantitative estimate of drug-likeness (QED) is 0.755. The van der Waals surface area contributed by atoms with E-state index in [1.807, 2.05) is 6.07 Å². The van der Waals surface area contributed by atoms with E-state index in [1.165, 1.54) is 0 Å². The summed E-state index contributed by atoms with van der Waals surface area (Å²) in [6.45, 7) is 1.68. The standard InChI is InChI=1S/C19H18ClN3O4/c1-19-14(17(24)21-11-6-3-5-10(20)9-11)15(22-18(25)23-19)12-7-4-8-13(26-2)16(12)27-19/h3-9,14-15H,1-2H3,(H,21,24)(H2,22,23,25)/t14-,15+,19-/m0/s1. The van der Waals surface area contributed by atoms with E-state index in [-0.39, 0.29) is 5.91 Å². The Bertz CT molecular complexity index is 935. The van der Waals surface area contributed by atoms with Gasteiger partial charge in [-0.2, -0.15) is 0 Å². The minimum absolute atomic E-state index is 0.300. The van der Waals surface area contributed by atoms with Crippen LogP contribution in [0.4, 0.5) is 10.5 Å². The zero-order valence-corrected chi connectivity index (χ0v) is 15.5. The first-order valence-electron chi connectivity index (χ1n) is 8.42. The maximum absolute atomic E-state index is 13.1. The highest BCUT2D eigenvalue weighted by Gasteiger charge is 2.56. The molecule has 7 nitrogen and oxygen atoms in total. The number of rotatable bonds is 3. The average molecular weight is 388 g/mol. The van der Waals surface area contributed by atoms with Gasteiger partial charge in [0.05, 0.1) is 13.2 Å². The summed E-state index contributed by atoms with van der Waals surface area (Å²) in [7, 11) is 1.54. The summed E-state index contributed by atoms with van der Waals surface area (Å²) >= 11 is 6.00. The zero-order valence-electron chi connectivity index (χ0n) is 14.7. The number of halogens is 1. The number of carbonyl (C=O) groups is 2. The van der Waals surface area contributed by atoms with Gasteiger partial charge in [-0.1, -0.05) is 29.8 Å². The molecule has 140 valence electrons. The molecule has 2 aliphatic rings. The van der Waals surface area contributed by atoms with Crippen molar-refractivity contribution in [3.05, 3.63) is 53.1 Å². The minimum atomic E-state index is -1.24. The SMILES string of the molecule is COc1cccc2c1O[C@]1(C)NC(=O)N[C@H]2[C@H]1C(=O)Nc1cccc(Cl)c1. The van der Waals surface area contributed by atoms with Crippen molar-refractivity contribution in [3.63, 3.8) is 0 Å². The molecule has 2 aromatic carbocycles. The summed E-state index contributed by atoms with van der Waals surface area (Å²) in [5.41, 5.74) is 0.0157. The summed E-state index contributed by atoms with van der Waals surface area (Å²) in [6, 6.07) is 11.3.